The molecule has 1 N–H and O–H groups in total. The summed E-state index contributed by atoms with van der Waals surface area (Å²) >= 11 is 0. The summed E-state index contributed by atoms with van der Waals surface area (Å²) < 4.78 is 78.2. The molecule has 12 heteroatoms. The lowest BCUT2D eigenvalue weighted by molar-refractivity contribution is -0.164. The standard InChI is InChI=1S/C25H19F4N3O4S/c1-37(35,36)22-8-3-2-7-19(22)18-9-10-21(20(26)12-18)31-23(33)24(34)32(15-25(27,28)29)14-17-6-4-5-16(11-17)13-30/h2-12H,14-15H2,1H3,(H,31,33). The molecule has 0 saturated heterocycles. The van der Waals surface area contributed by atoms with Gasteiger partial charge in [-0.1, -0.05) is 36.4 Å². The number of sulfone groups is 1. The highest BCUT2D eigenvalue weighted by Crippen LogP contribution is 2.30. The van der Waals surface area contributed by atoms with Crippen LogP contribution in [0.5, 0.6) is 0 Å². The van der Waals surface area contributed by atoms with Crippen LogP contribution in [0.25, 0.3) is 11.1 Å². The molecule has 0 fully saturated rings. The number of nitrogens with one attached hydrogen (secondary N) is 1. The number of nitrogens with zero attached hydrogens (tertiary/aromatic N) is 2. The lowest BCUT2D eigenvalue weighted by Crippen LogP contribution is -2.44. The number of hydrogen-bond donors (Lipinski definition) is 1. The third kappa shape index (κ3) is 7.14. The lowest BCUT2D eigenvalue weighted by Gasteiger charge is -2.23. The molecule has 0 saturated carbocycles. The largest absolute Gasteiger partial charge is 0.406 e. The van der Waals surface area contributed by atoms with Crippen LogP contribution in [0.1, 0.15) is 11.1 Å². The van der Waals surface area contributed by atoms with Crippen molar-refractivity contribution in [2.45, 2.75) is 17.6 Å². The zero-order valence-electron chi connectivity index (χ0n) is 19.2. The van der Waals surface area contributed by atoms with E-state index in [0.29, 0.717) is 0 Å². The van der Waals surface area contributed by atoms with Crippen molar-refractivity contribution in [3.05, 3.63) is 83.7 Å². The number of alkyl halides is 3. The smallest absolute Gasteiger partial charge is 0.321 e. The summed E-state index contributed by atoms with van der Waals surface area (Å²) in [5, 5.41) is 10.9. The molecule has 3 aromatic carbocycles. The van der Waals surface area contributed by atoms with Crippen molar-refractivity contribution in [3.63, 3.8) is 0 Å². The molecule has 0 aromatic heterocycles. The molecule has 0 radical (unpaired) electrons. The molecule has 192 valence electrons. The van der Waals surface area contributed by atoms with Gasteiger partial charge in [-0.25, -0.2) is 12.8 Å². The fourth-order valence-electron chi connectivity index (χ4n) is 3.51. The quantitative estimate of drug-likeness (QED) is 0.376. The number of rotatable bonds is 6. The number of anilines is 1. The van der Waals surface area contributed by atoms with E-state index in [1.807, 2.05) is 11.4 Å². The summed E-state index contributed by atoms with van der Waals surface area (Å²) in [7, 11) is -3.64. The predicted octanol–water partition coefficient (Wildman–Crippen LogP) is 4.30. The van der Waals surface area contributed by atoms with Gasteiger partial charge in [0.15, 0.2) is 9.84 Å². The second-order valence-corrected chi connectivity index (χ2v) is 9.99. The summed E-state index contributed by atoms with van der Waals surface area (Å²) in [5.41, 5.74) is 0.218. The minimum absolute atomic E-state index is 0.0513. The molecule has 0 bridgehead atoms. The van der Waals surface area contributed by atoms with Gasteiger partial charge >= 0.3 is 18.0 Å². The van der Waals surface area contributed by atoms with E-state index in [1.165, 1.54) is 48.5 Å². The second kappa shape index (κ2) is 10.8. The van der Waals surface area contributed by atoms with E-state index in [2.05, 4.69) is 0 Å². The van der Waals surface area contributed by atoms with Crippen LogP contribution >= 0.6 is 0 Å². The van der Waals surface area contributed by atoms with Gasteiger partial charge < -0.3 is 10.2 Å². The number of halogens is 4. The first-order valence-corrected chi connectivity index (χ1v) is 12.4. The number of hydrogen-bond acceptors (Lipinski definition) is 5. The SMILES string of the molecule is CS(=O)(=O)c1ccccc1-c1ccc(NC(=O)C(=O)N(Cc2cccc(C#N)c2)CC(F)(F)F)c(F)c1. The molecular formula is C25H19F4N3O4S. The summed E-state index contributed by atoms with van der Waals surface area (Å²) in [6.45, 7) is -2.37. The molecule has 7 nitrogen and oxygen atoms in total. The Morgan fingerprint density at radius 3 is 2.35 bits per heavy atom. The van der Waals surface area contributed by atoms with E-state index in [9.17, 15) is 35.6 Å². The number of amides is 2. The van der Waals surface area contributed by atoms with Gasteiger partial charge in [-0.05, 0) is 41.5 Å². The van der Waals surface area contributed by atoms with Gasteiger partial charge in [0, 0.05) is 18.4 Å². The molecule has 2 amide bonds. The summed E-state index contributed by atoms with van der Waals surface area (Å²) in [6.07, 6.45) is -3.84. The highest BCUT2D eigenvalue weighted by molar-refractivity contribution is 7.90. The highest BCUT2D eigenvalue weighted by atomic mass is 32.2. The molecular weight excluding hydrogens is 514 g/mol. The first-order valence-electron chi connectivity index (χ1n) is 10.5. The van der Waals surface area contributed by atoms with Crippen LogP contribution in [0.3, 0.4) is 0 Å². The van der Waals surface area contributed by atoms with Gasteiger partial charge in [-0.2, -0.15) is 18.4 Å². The number of benzene rings is 3. The maximum atomic E-state index is 14.8. The van der Waals surface area contributed by atoms with Crippen LogP contribution in [0, 0.1) is 17.1 Å². The molecule has 0 aliphatic heterocycles. The van der Waals surface area contributed by atoms with Crippen molar-refractivity contribution >= 4 is 27.3 Å². The Morgan fingerprint density at radius 1 is 1.03 bits per heavy atom. The number of carbonyl (C=O) groups excluding carboxylic acids is 2. The summed E-state index contributed by atoms with van der Waals surface area (Å²) in [4.78, 5) is 25.3. The Labute approximate surface area is 209 Å². The molecule has 0 aliphatic rings. The zero-order valence-corrected chi connectivity index (χ0v) is 20.0. The van der Waals surface area contributed by atoms with Crippen molar-refractivity contribution in [1.29, 1.82) is 5.26 Å². The van der Waals surface area contributed by atoms with Crippen molar-refractivity contribution < 1.29 is 35.6 Å². The fourth-order valence-corrected chi connectivity index (χ4v) is 4.42. The molecule has 0 heterocycles. The van der Waals surface area contributed by atoms with Crippen LogP contribution in [0.2, 0.25) is 0 Å². The monoisotopic (exact) mass is 533 g/mol. The Kier molecular flexibility index (Phi) is 7.98. The van der Waals surface area contributed by atoms with Gasteiger partial charge in [-0.3, -0.25) is 9.59 Å². The first kappa shape index (κ1) is 27.3. The van der Waals surface area contributed by atoms with Crippen molar-refractivity contribution in [2.75, 3.05) is 18.1 Å². The van der Waals surface area contributed by atoms with Gasteiger partial charge in [0.2, 0.25) is 0 Å². The van der Waals surface area contributed by atoms with E-state index < -0.39 is 52.4 Å². The minimum Gasteiger partial charge on any atom is -0.321 e. The van der Waals surface area contributed by atoms with E-state index >= 15 is 0 Å². The van der Waals surface area contributed by atoms with E-state index in [0.717, 1.165) is 18.4 Å². The van der Waals surface area contributed by atoms with Gasteiger partial charge in [0.25, 0.3) is 0 Å². The zero-order chi connectivity index (χ0) is 27.4. The average Bonchev–Trinajstić information content (AvgIpc) is 2.83. The average molecular weight is 534 g/mol. The maximum absolute atomic E-state index is 14.8. The van der Waals surface area contributed by atoms with Gasteiger partial charge in [-0.15, -0.1) is 0 Å². The van der Waals surface area contributed by atoms with Gasteiger partial charge in [0.1, 0.15) is 12.4 Å². The lowest BCUT2D eigenvalue weighted by atomic mass is 10.0. The second-order valence-electron chi connectivity index (χ2n) is 8.01. The van der Waals surface area contributed by atoms with Crippen LogP contribution in [0.4, 0.5) is 23.2 Å². The maximum Gasteiger partial charge on any atom is 0.406 e. The minimum atomic E-state index is -4.83. The van der Waals surface area contributed by atoms with E-state index in [1.54, 1.807) is 6.07 Å². The normalized spacial score (nSPS) is 11.5. The predicted molar refractivity (Wildman–Crippen MR) is 126 cm³/mol. The first-order chi connectivity index (χ1) is 17.3. The Morgan fingerprint density at radius 2 is 1.73 bits per heavy atom. The summed E-state index contributed by atoms with van der Waals surface area (Å²) in [6, 6.07) is 16.5. The third-order valence-electron chi connectivity index (χ3n) is 5.10. The summed E-state index contributed by atoms with van der Waals surface area (Å²) in [5.74, 6) is -4.11. The van der Waals surface area contributed by atoms with Crippen LogP contribution in [-0.4, -0.2) is 44.1 Å². The van der Waals surface area contributed by atoms with Gasteiger partial charge in [0.05, 0.1) is 22.2 Å². The van der Waals surface area contributed by atoms with Crippen LogP contribution in [0.15, 0.2) is 71.6 Å². The molecule has 3 rings (SSSR count). The van der Waals surface area contributed by atoms with Crippen molar-refractivity contribution in [2.24, 2.45) is 0 Å². The Balaban J connectivity index is 1.84. The molecule has 0 atom stereocenters. The third-order valence-corrected chi connectivity index (χ3v) is 6.25. The van der Waals surface area contributed by atoms with E-state index in [-0.39, 0.29) is 32.0 Å². The molecule has 0 spiro atoms. The Bertz CT molecular complexity index is 1500. The topological polar surface area (TPSA) is 107 Å². The molecule has 0 unspecified atom stereocenters. The highest BCUT2D eigenvalue weighted by Gasteiger charge is 2.35. The number of carbonyl (C=O) groups is 2. The van der Waals surface area contributed by atoms with Crippen molar-refractivity contribution in [3.8, 4) is 17.2 Å². The van der Waals surface area contributed by atoms with Crippen LogP contribution in [-0.2, 0) is 26.0 Å². The Hall–Kier alpha value is -4.24. The molecule has 3 aromatic rings. The molecule has 0 aliphatic carbocycles. The van der Waals surface area contributed by atoms with E-state index in [4.69, 9.17) is 5.26 Å². The fraction of sp³-hybridized carbons (Fsp3) is 0.160. The number of nitriles is 1. The molecule has 37 heavy (non-hydrogen) atoms. The van der Waals surface area contributed by atoms with Crippen LogP contribution < -0.4 is 5.32 Å². The van der Waals surface area contributed by atoms with Crippen molar-refractivity contribution in [1.82, 2.24) is 4.90 Å².